The fourth-order valence-corrected chi connectivity index (χ4v) is 6.67. The van der Waals surface area contributed by atoms with Crippen LogP contribution in [0.15, 0.2) is 34.6 Å². The van der Waals surface area contributed by atoms with E-state index in [4.69, 9.17) is 69.6 Å². The van der Waals surface area contributed by atoms with Crippen molar-refractivity contribution in [2.45, 2.75) is 14.1 Å². The minimum absolute atomic E-state index is 0.107. The summed E-state index contributed by atoms with van der Waals surface area (Å²) in [6, 6.07) is 3.04. The number of aromatic nitrogens is 1. The van der Waals surface area contributed by atoms with Crippen molar-refractivity contribution in [3.8, 4) is 0 Å². The number of rotatable bonds is 1. The van der Waals surface area contributed by atoms with Crippen LogP contribution in [0.25, 0.3) is 0 Å². The summed E-state index contributed by atoms with van der Waals surface area (Å²) in [6.07, 6.45) is 2.91. The molecule has 0 aromatic carbocycles. The quantitative estimate of drug-likeness (QED) is 0.483. The minimum Gasteiger partial charge on any atom is -0.274 e. The lowest BCUT2D eigenvalue weighted by Crippen LogP contribution is -2.50. The van der Waals surface area contributed by atoms with Gasteiger partial charge in [0.25, 0.3) is 0 Å². The number of nitrogens with zero attached hydrogens (tertiary/aromatic N) is 2. The maximum absolute atomic E-state index is 13.0. The standard InChI is InChI=1S/C14H6Cl6N2O2/c15-8-9(16)13(18)7-6(12(8,17)14(13,19)20)10(23)22(11(7)24)5-1-3-21-4-2-5/h1-4,6-7H/t6-,7+,12?,13?. The van der Waals surface area contributed by atoms with Gasteiger partial charge < -0.3 is 0 Å². The van der Waals surface area contributed by atoms with Crippen molar-refractivity contribution >= 4 is 87.1 Å². The Hall–Kier alpha value is -0.230. The molecule has 1 saturated carbocycles. The monoisotopic (exact) mass is 444 g/mol. The first-order chi connectivity index (χ1) is 11.1. The Kier molecular flexibility index (Phi) is 3.54. The fraction of sp³-hybridized carbons (Fsp3) is 0.357. The molecule has 2 amide bonds. The van der Waals surface area contributed by atoms with Crippen molar-refractivity contribution in [3.05, 3.63) is 34.6 Å². The van der Waals surface area contributed by atoms with Crippen LogP contribution in [0.4, 0.5) is 5.69 Å². The lowest BCUT2D eigenvalue weighted by atomic mass is 9.84. The molecule has 2 aliphatic carbocycles. The highest BCUT2D eigenvalue weighted by atomic mass is 35.5. The predicted octanol–water partition coefficient (Wildman–Crippen LogP) is 4.03. The van der Waals surface area contributed by atoms with Gasteiger partial charge in [-0.05, 0) is 12.1 Å². The second-order valence-electron chi connectivity index (χ2n) is 5.80. The summed E-state index contributed by atoms with van der Waals surface area (Å²) in [5.41, 5.74) is 0.344. The van der Waals surface area contributed by atoms with Gasteiger partial charge in [-0.1, -0.05) is 46.4 Å². The SMILES string of the molecule is O=C1[C@@H]2[C@H](C(=O)N1c1ccncc1)C1(Cl)C(Cl)=C(Cl)C2(Cl)C1(Cl)Cl. The molecule has 1 saturated heterocycles. The second kappa shape index (κ2) is 4.93. The van der Waals surface area contributed by atoms with Crippen molar-refractivity contribution in [3.63, 3.8) is 0 Å². The lowest BCUT2D eigenvalue weighted by molar-refractivity contribution is -0.123. The smallest absolute Gasteiger partial charge is 0.240 e. The number of anilines is 1. The number of amides is 2. The zero-order valence-electron chi connectivity index (χ0n) is 11.4. The van der Waals surface area contributed by atoms with E-state index in [-0.39, 0.29) is 10.1 Å². The third-order valence-electron chi connectivity index (χ3n) is 4.83. The molecular formula is C14H6Cl6N2O2. The van der Waals surface area contributed by atoms with Crippen molar-refractivity contribution in [2.75, 3.05) is 4.90 Å². The zero-order chi connectivity index (χ0) is 17.7. The summed E-state index contributed by atoms with van der Waals surface area (Å²) in [4.78, 5) is 27.2. The van der Waals surface area contributed by atoms with E-state index in [9.17, 15) is 9.59 Å². The number of pyridine rings is 1. The zero-order valence-corrected chi connectivity index (χ0v) is 16.0. The number of carbonyl (C=O) groups excluding carboxylic acids is 2. The molecule has 10 heteroatoms. The number of halogens is 6. The van der Waals surface area contributed by atoms with Gasteiger partial charge in [-0.2, -0.15) is 0 Å². The van der Waals surface area contributed by atoms with Crippen molar-refractivity contribution in [1.82, 2.24) is 4.98 Å². The maximum Gasteiger partial charge on any atom is 0.240 e. The van der Waals surface area contributed by atoms with Crippen molar-refractivity contribution in [2.24, 2.45) is 11.8 Å². The van der Waals surface area contributed by atoms with Gasteiger partial charge in [0.05, 0.1) is 27.6 Å². The molecule has 2 heterocycles. The van der Waals surface area contributed by atoms with E-state index in [1.807, 2.05) is 0 Å². The average Bonchev–Trinajstić information content (AvgIpc) is 2.93. The third-order valence-corrected chi connectivity index (χ3v) is 9.09. The average molecular weight is 447 g/mol. The molecule has 24 heavy (non-hydrogen) atoms. The second-order valence-corrected chi connectivity index (χ2v) is 9.07. The van der Waals surface area contributed by atoms with Crippen LogP contribution in [0.5, 0.6) is 0 Å². The minimum atomic E-state index is -1.91. The van der Waals surface area contributed by atoms with Crippen LogP contribution in [0, 0.1) is 11.8 Å². The molecule has 2 unspecified atom stereocenters. The molecule has 0 N–H and O–H groups in total. The number of imide groups is 1. The van der Waals surface area contributed by atoms with Gasteiger partial charge in [0, 0.05) is 12.4 Å². The van der Waals surface area contributed by atoms with E-state index in [2.05, 4.69) is 4.98 Å². The molecule has 1 aromatic rings. The highest BCUT2D eigenvalue weighted by molar-refractivity contribution is 6.67. The lowest BCUT2D eigenvalue weighted by Gasteiger charge is -2.34. The van der Waals surface area contributed by atoms with Crippen molar-refractivity contribution < 1.29 is 9.59 Å². The third kappa shape index (κ3) is 1.55. The summed E-state index contributed by atoms with van der Waals surface area (Å²) in [7, 11) is 0. The van der Waals surface area contributed by atoms with E-state index >= 15 is 0 Å². The summed E-state index contributed by atoms with van der Waals surface area (Å²) < 4.78 is -1.91. The van der Waals surface area contributed by atoms with Crippen LogP contribution >= 0.6 is 69.6 Å². The first-order valence-electron chi connectivity index (χ1n) is 6.71. The van der Waals surface area contributed by atoms with Gasteiger partial charge in [-0.15, -0.1) is 23.2 Å². The Morgan fingerprint density at radius 3 is 1.71 bits per heavy atom. The number of fused-ring (bicyclic) bond motifs is 5. The Labute approximate surface area is 166 Å². The van der Waals surface area contributed by atoms with Gasteiger partial charge in [0.1, 0.15) is 9.75 Å². The van der Waals surface area contributed by atoms with Crippen LogP contribution < -0.4 is 4.90 Å². The Morgan fingerprint density at radius 2 is 1.29 bits per heavy atom. The number of carbonyl (C=O) groups is 2. The Balaban J connectivity index is 1.93. The van der Waals surface area contributed by atoms with Crippen LogP contribution in [-0.2, 0) is 9.59 Å². The molecule has 4 atom stereocenters. The van der Waals surface area contributed by atoms with Gasteiger partial charge >= 0.3 is 0 Å². The highest BCUT2D eigenvalue weighted by Crippen LogP contribution is 2.77. The number of alkyl halides is 4. The Morgan fingerprint density at radius 1 is 0.875 bits per heavy atom. The molecule has 126 valence electrons. The highest BCUT2D eigenvalue weighted by Gasteiger charge is 2.87. The molecule has 2 bridgehead atoms. The molecule has 4 nitrogen and oxygen atoms in total. The molecule has 1 aliphatic heterocycles. The van der Waals surface area contributed by atoms with E-state index in [1.54, 1.807) is 0 Å². The van der Waals surface area contributed by atoms with E-state index < -0.39 is 37.7 Å². The van der Waals surface area contributed by atoms with Gasteiger partial charge in [0.15, 0.2) is 4.33 Å². The molecular weight excluding hydrogens is 441 g/mol. The summed E-state index contributed by atoms with van der Waals surface area (Å²) in [5, 5.41) is -0.213. The van der Waals surface area contributed by atoms with Crippen LogP contribution in [0.2, 0.25) is 0 Å². The number of hydrogen-bond donors (Lipinski definition) is 0. The Bertz CT molecular complexity index is 782. The topological polar surface area (TPSA) is 50.3 Å². The molecule has 2 fully saturated rings. The van der Waals surface area contributed by atoms with Crippen LogP contribution in [0.3, 0.4) is 0 Å². The van der Waals surface area contributed by atoms with E-state index in [0.29, 0.717) is 5.69 Å². The summed E-state index contributed by atoms with van der Waals surface area (Å²) in [6.45, 7) is 0. The molecule has 3 aliphatic rings. The molecule has 4 rings (SSSR count). The maximum atomic E-state index is 13.0. The molecule has 1 aromatic heterocycles. The summed E-state index contributed by atoms with van der Waals surface area (Å²) >= 11 is 38.4. The van der Waals surface area contributed by atoms with E-state index in [1.165, 1.54) is 24.5 Å². The molecule has 0 radical (unpaired) electrons. The molecule has 0 spiro atoms. The van der Waals surface area contributed by atoms with Crippen molar-refractivity contribution in [1.29, 1.82) is 0 Å². The fourth-order valence-electron chi connectivity index (χ4n) is 3.74. The van der Waals surface area contributed by atoms with Gasteiger partial charge in [-0.3, -0.25) is 14.6 Å². The first-order valence-corrected chi connectivity index (χ1v) is 8.98. The van der Waals surface area contributed by atoms with Crippen LogP contribution in [0.1, 0.15) is 0 Å². The van der Waals surface area contributed by atoms with E-state index in [0.717, 1.165) is 4.90 Å². The number of hydrogen-bond acceptors (Lipinski definition) is 3. The number of allylic oxidation sites excluding steroid dienone is 2. The summed E-state index contributed by atoms with van der Waals surface area (Å²) in [5.74, 6) is -3.41. The van der Waals surface area contributed by atoms with Gasteiger partial charge in [0.2, 0.25) is 11.8 Å². The normalized spacial score (nSPS) is 39.8. The largest absolute Gasteiger partial charge is 0.274 e. The predicted molar refractivity (Wildman–Crippen MR) is 94.0 cm³/mol. The first kappa shape index (κ1) is 17.2. The van der Waals surface area contributed by atoms with Gasteiger partial charge in [-0.25, -0.2) is 4.90 Å². The van der Waals surface area contributed by atoms with Crippen LogP contribution in [-0.4, -0.2) is 30.9 Å².